The Labute approximate surface area is 200 Å². The van der Waals surface area contributed by atoms with Crippen LogP contribution in [0.5, 0.6) is 0 Å². The summed E-state index contributed by atoms with van der Waals surface area (Å²) >= 11 is 6.23. The number of H-pyrrole nitrogens is 1. The lowest BCUT2D eigenvalue weighted by molar-refractivity contribution is -0.0768. The van der Waals surface area contributed by atoms with E-state index in [2.05, 4.69) is 21.8 Å². The molecule has 0 spiro atoms. The van der Waals surface area contributed by atoms with Crippen LogP contribution in [0, 0.1) is 18.3 Å². The summed E-state index contributed by atoms with van der Waals surface area (Å²) in [6.45, 7) is 1.89. The number of hydroxylamine groups is 1. The van der Waals surface area contributed by atoms with Crippen LogP contribution in [0.15, 0.2) is 60.4 Å². The molecule has 1 aromatic heterocycles. The van der Waals surface area contributed by atoms with E-state index in [9.17, 15) is 19.8 Å². The highest BCUT2D eigenvalue weighted by atomic mass is 35.5. The van der Waals surface area contributed by atoms with Crippen LogP contribution in [0.2, 0.25) is 5.02 Å². The molecule has 0 radical (unpaired) electrons. The minimum atomic E-state index is -3.84. The first kappa shape index (κ1) is 23.6. The monoisotopic (exact) mass is 497 g/mol. The Kier molecular flexibility index (Phi) is 6.51. The number of carbonyl (C=O) groups is 1. The van der Waals surface area contributed by atoms with Crippen LogP contribution < -0.4 is 21.4 Å². The van der Waals surface area contributed by atoms with Gasteiger partial charge in [-0.15, -0.1) is 0 Å². The quantitative estimate of drug-likeness (QED) is 0.385. The minimum absolute atomic E-state index is 0.0573. The van der Waals surface area contributed by atoms with Gasteiger partial charge in [0, 0.05) is 41.1 Å². The van der Waals surface area contributed by atoms with Gasteiger partial charge in [0.1, 0.15) is 5.69 Å². The molecule has 2 heterocycles. The molecule has 2 aromatic carbocycles. The van der Waals surface area contributed by atoms with Crippen molar-refractivity contribution in [3.8, 4) is 6.07 Å². The van der Waals surface area contributed by atoms with E-state index < -0.39 is 13.3 Å². The van der Waals surface area contributed by atoms with Gasteiger partial charge in [-0.25, -0.2) is 0 Å². The number of benzene rings is 2. The predicted molar refractivity (Wildman–Crippen MR) is 129 cm³/mol. The summed E-state index contributed by atoms with van der Waals surface area (Å²) in [7, 11) is -2.53. The first-order chi connectivity index (χ1) is 16.2. The van der Waals surface area contributed by atoms with Gasteiger partial charge in [-0.1, -0.05) is 11.6 Å². The molecule has 4 N–H and O–H groups in total. The van der Waals surface area contributed by atoms with Gasteiger partial charge in [0.05, 0.1) is 23.1 Å². The fourth-order valence-electron chi connectivity index (χ4n) is 3.78. The van der Waals surface area contributed by atoms with Crippen LogP contribution in [-0.2, 0) is 9.09 Å². The molecule has 11 heteroatoms. The number of hydrazine groups is 1. The average molecular weight is 498 g/mol. The SMILES string of the molecule is COP(=O)(c1cc(C)cc(C#N)c1)c1c(C(=O)NCC2=CN(O)NC=C2)[nH]c2ccc(Cl)cc12. The number of amides is 1. The third-order valence-electron chi connectivity index (χ3n) is 5.29. The smallest absolute Gasteiger partial charge is 0.268 e. The molecular formula is C23H21ClN5O4P. The first-order valence-corrected chi connectivity index (χ1v) is 12.1. The lowest BCUT2D eigenvalue weighted by Crippen LogP contribution is -2.33. The summed E-state index contributed by atoms with van der Waals surface area (Å²) in [5, 5.41) is 23.8. The van der Waals surface area contributed by atoms with Gasteiger partial charge < -0.3 is 14.8 Å². The minimum Gasteiger partial charge on any atom is -0.350 e. The van der Waals surface area contributed by atoms with E-state index in [-0.39, 0.29) is 17.5 Å². The number of carbonyl (C=O) groups excluding carboxylic acids is 1. The van der Waals surface area contributed by atoms with Crippen molar-refractivity contribution in [2.75, 3.05) is 13.7 Å². The number of nitrogens with zero attached hydrogens (tertiary/aromatic N) is 2. The number of aromatic amines is 1. The standard InChI is InChI=1S/C23H21ClN5O4P/c1-14-7-16(11-25)9-18(8-14)34(32,33-2)22-19-10-17(24)3-4-20(19)28-21(22)23(30)26-12-15-5-6-27-29(31)13-15/h3-10,13,27-28,31H,12H2,1-2H3,(H,26,30). The van der Waals surface area contributed by atoms with Crippen molar-refractivity contribution < 1.29 is 19.1 Å². The van der Waals surface area contributed by atoms with Crippen molar-refractivity contribution in [3.05, 3.63) is 82.3 Å². The predicted octanol–water partition coefficient (Wildman–Crippen LogP) is 3.21. The van der Waals surface area contributed by atoms with Gasteiger partial charge in [-0.2, -0.15) is 10.4 Å². The molecule has 4 rings (SSSR count). The van der Waals surface area contributed by atoms with Crippen LogP contribution in [0.25, 0.3) is 10.9 Å². The van der Waals surface area contributed by atoms with E-state index in [1.165, 1.54) is 25.6 Å². The van der Waals surface area contributed by atoms with E-state index in [4.69, 9.17) is 16.1 Å². The van der Waals surface area contributed by atoms with Gasteiger partial charge in [0.25, 0.3) is 13.3 Å². The average Bonchev–Trinajstić information content (AvgIpc) is 3.21. The molecule has 1 amide bonds. The number of hydrogen-bond donors (Lipinski definition) is 4. The second kappa shape index (κ2) is 9.37. The van der Waals surface area contributed by atoms with Crippen LogP contribution >= 0.6 is 19.0 Å². The maximum atomic E-state index is 14.4. The number of aromatic nitrogens is 1. The summed E-state index contributed by atoms with van der Waals surface area (Å²) in [5.74, 6) is -0.523. The zero-order valence-corrected chi connectivity index (χ0v) is 19.9. The Morgan fingerprint density at radius 2 is 2.12 bits per heavy atom. The molecule has 1 atom stereocenters. The van der Waals surface area contributed by atoms with Crippen LogP contribution in [0.1, 0.15) is 21.6 Å². The zero-order valence-electron chi connectivity index (χ0n) is 18.3. The highest BCUT2D eigenvalue weighted by Gasteiger charge is 2.36. The van der Waals surface area contributed by atoms with E-state index in [0.717, 1.165) is 10.7 Å². The fourth-order valence-corrected chi connectivity index (χ4v) is 6.24. The van der Waals surface area contributed by atoms with E-state index >= 15 is 0 Å². The van der Waals surface area contributed by atoms with Gasteiger partial charge in [0.2, 0.25) is 0 Å². The molecule has 1 aliphatic rings. The lowest BCUT2D eigenvalue weighted by atomic mass is 10.2. The number of halogens is 1. The van der Waals surface area contributed by atoms with E-state index in [1.54, 1.807) is 43.3 Å². The summed E-state index contributed by atoms with van der Waals surface area (Å²) in [6, 6.07) is 11.9. The van der Waals surface area contributed by atoms with Crippen LogP contribution in [0.4, 0.5) is 0 Å². The number of hydrogen-bond acceptors (Lipinski definition) is 7. The number of nitrogens with one attached hydrogen (secondary N) is 3. The van der Waals surface area contributed by atoms with Crippen LogP contribution in [0.3, 0.4) is 0 Å². The maximum Gasteiger partial charge on any atom is 0.268 e. The van der Waals surface area contributed by atoms with Crippen molar-refractivity contribution in [2.24, 2.45) is 0 Å². The number of aryl methyl sites for hydroxylation is 1. The lowest BCUT2D eigenvalue weighted by Gasteiger charge is -2.20. The molecule has 1 unspecified atom stereocenters. The van der Waals surface area contributed by atoms with Crippen molar-refractivity contribution in [3.63, 3.8) is 0 Å². The van der Waals surface area contributed by atoms with Gasteiger partial charge in [0.15, 0.2) is 0 Å². The largest absolute Gasteiger partial charge is 0.350 e. The third kappa shape index (κ3) is 4.45. The first-order valence-electron chi connectivity index (χ1n) is 10.1. The van der Waals surface area contributed by atoms with Crippen molar-refractivity contribution in [2.45, 2.75) is 6.92 Å². The molecule has 34 heavy (non-hydrogen) atoms. The summed E-state index contributed by atoms with van der Waals surface area (Å²) in [6.07, 6.45) is 4.61. The topological polar surface area (TPSA) is 130 Å². The second-order valence-electron chi connectivity index (χ2n) is 7.64. The molecule has 0 saturated heterocycles. The fraction of sp³-hybridized carbons (Fsp3) is 0.130. The molecule has 0 aliphatic carbocycles. The maximum absolute atomic E-state index is 14.4. The Hall–Kier alpha value is -3.54. The Morgan fingerprint density at radius 1 is 1.32 bits per heavy atom. The highest BCUT2D eigenvalue weighted by Crippen LogP contribution is 2.47. The third-order valence-corrected chi connectivity index (χ3v) is 8.03. The Morgan fingerprint density at radius 3 is 2.82 bits per heavy atom. The van der Waals surface area contributed by atoms with E-state index in [0.29, 0.717) is 32.4 Å². The number of rotatable bonds is 6. The number of nitriles is 1. The number of fused-ring (bicyclic) bond motifs is 1. The van der Waals surface area contributed by atoms with Gasteiger partial charge >= 0.3 is 0 Å². The van der Waals surface area contributed by atoms with Crippen molar-refractivity contribution >= 4 is 46.4 Å². The summed E-state index contributed by atoms with van der Waals surface area (Å²) < 4.78 is 20.0. The highest BCUT2D eigenvalue weighted by molar-refractivity contribution is 7.75. The second-order valence-corrected chi connectivity index (χ2v) is 10.5. The molecule has 1 aliphatic heterocycles. The summed E-state index contributed by atoms with van der Waals surface area (Å²) in [4.78, 5) is 16.3. The molecule has 0 saturated carbocycles. The van der Waals surface area contributed by atoms with Gasteiger partial charge in [-0.3, -0.25) is 20.0 Å². The Balaban J connectivity index is 1.85. The van der Waals surface area contributed by atoms with Crippen molar-refractivity contribution in [1.82, 2.24) is 20.9 Å². The molecule has 0 bridgehead atoms. The molecular weight excluding hydrogens is 477 g/mol. The van der Waals surface area contributed by atoms with E-state index in [1.807, 2.05) is 0 Å². The molecule has 0 fully saturated rings. The van der Waals surface area contributed by atoms with Gasteiger partial charge in [-0.05, 0) is 60.5 Å². The van der Waals surface area contributed by atoms with Crippen LogP contribution in [-0.4, -0.2) is 34.9 Å². The normalized spacial score (nSPS) is 14.8. The summed E-state index contributed by atoms with van der Waals surface area (Å²) in [5.41, 5.74) is 4.84. The zero-order chi connectivity index (χ0) is 24.5. The Bertz CT molecular complexity index is 1440. The molecule has 9 nitrogen and oxygen atoms in total. The molecule has 174 valence electrons. The molecule has 3 aromatic rings. The van der Waals surface area contributed by atoms with Crippen molar-refractivity contribution in [1.29, 1.82) is 5.26 Å².